The molecule has 2 atom stereocenters. The van der Waals surface area contributed by atoms with Gasteiger partial charge in [0.2, 0.25) is 0 Å². The highest BCUT2D eigenvalue weighted by atomic mass is 16.5. The first-order chi connectivity index (χ1) is 17.3. The topological polar surface area (TPSA) is 103 Å². The summed E-state index contributed by atoms with van der Waals surface area (Å²) in [6.07, 6.45) is 0.840. The molecule has 1 heterocycles. The lowest BCUT2D eigenvalue weighted by molar-refractivity contribution is -0.138. The fraction of sp³-hybridized carbons (Fsp3) is 0.357. The summed E-state index contributed by atoms with van der Waals surface area (Å²) < 4.78 is 21.3. The lowest BCUT2D eigenvalue weighted by Gasteiger charge is -2.36. The Hall–Kier alpha value is -3.94. The largest absolute Gasteiger partial charge is 0.504 e. The molecule has 2 aromatic rings. The highest BCUT2D eigenvalue weighted by Gasteiger charge is 2.41. The molecular weight excluding hydrogens is 462 g/mol. The van der Waals surface area contributed by atoms with Gasteiger partial charge in [-0.1, -0.05) is 12.1 Å². The highest BCUT2D eigenvalue weighted by molar-refractivity contribution is 6.04. The van der Waals surface area contributed by atoms with E-state index in [9.17, 15) is 14.7 Å². The van der Waals surface area contributed by atoms with Crippen molar-refractivity contribution in [2.24, 2.45) is 0 Å². The molecule has 0 amide bonds. The number of phenolic OH excluding ortho intramolecular Hbond substituents is 1. The number of hydrogen-bond donors (Lipinski definition) is 2. The van der Waals surface area contributed by atoms with Crippen LogP contribution in [0, 0.1) is 0 Å². The number of benzene rings is 2. The van der Waals surface area contributed by atoms with E-state index in [0.717, 1.165) is 11.3 Å². The minimum atomic E-state index is -0.670. The number of nitrogens with one attached hydrogen (secondary N) is 1. The van der Waals surface area contributed by atoms with Gasteiger partial charge in [-0.2, -0.15) is 0 Å². The Balaban J connectivity index is 1.79. The van der Waals surface area contributed by atoms with Crippen molar-refractivity contribution in [2.75, 3.05) is 27.9 Å². The predicted molar refractivity (Wildman–Crippen MR) is 133 cm³/mol. The minimum Gasteiger partial charge on any atom is -0.504 e. The van der Waals surface area contributed by atoms with Crippen molar-refractivity contribution < 1.29 is 33.6 Å². The summed E-state index contributed by atoms with van der Waals surface area (Å²) in [4.78, 5) is 26.7. The van der Waals surface area contributed by atoms with Gasteiger partial charge in [-0.3, -0.25) is 4.79 Å². The van der Waals surface area contributed by atoms with Crippen molar-refractivity contribution in [1.82, 2.24) is 5.32 Å². The number of ketones is 1. The Morgan fingerprint density at radius 1 is 0.972 bits per heavy atom. The molecule has 4 rings (SSSR count). The molecular formula is C28H31NO7. The first kappa shape index (κ1) is 25.2. The van der Waals surface area contributed by atoms with Gasteiger partial charge in [-0.05, 0) is 61.6 Å². The van der Waals surface area contributed by atoms with Crippen LogP contribution < -0.4 is 19.5 Å². The number of methoxy groups -OCH3 is 3. The number of phenols is 1. The third-order valence-electron chi connectivity index (χ3n) is 6.74. The zero-order valence-corrected chi connectivity index (χ0v) is 21.1. The van der Waals surface area contributed by atoms with E-state index < -0.39 is 11.9 Å². The molecule has 0 saturated heterocycles. The first-order valence-corrected chi connectivity index (χ1v) is 11.8. The van der Waals surface area contributed by atoms with E-state index in [1.54, 1.807) is 46.3 Å². The summed E-state index contributed by atoms with van der Waals surface area (Å²) in [5, 5.41) is 13.8. The van der Waals surface area contributed by atoms with Crippen LogP contribution in [0.1, 0.15) is 49.7 Å². The number of dihydropyridines is 1. The molecule has 0 unspecified atom stereocenters. The molecule has 8 nitrogen and oxygen atoms in total. The van der Waals surface area contributed by atoms with Gasteiger partial charge in [0, 0.05) is 29.3 Å². The van der Waals surface area contributed by atoms with Gasteiger partial charge in [0.15, 0.2) is 28.8 Å². The number of aromatic hydroxyl groups is 1. The van der Waals surface area contributed by atoms with E-state index in [4.69, 9.17) is 18.9 Å². The molecule has 36 heavy (non-hydrogen) atoms. The number of rotatable bonds is 7. The number of Topliss-reactive ketones (excluding diaryl/α,β-unsaturated/α-hetero) is 1. The quantitative estimate of drug-likeness (QED) is 0.549. The maximum Gasteiger partial charge on any atom is 0.336 e. The van der Waals surface area contributed by atoms with E-state index in [2.05, 4.69) is 5.32 Å². The molecule has 0 bridgehead atoms. The van der Waals surface area contributed by atoms with Gasteiger partial charge in [0.25, 0.3) is 0 Å². The molecule has 2 aromatic carbocycles. The predicted octanol–water partition coefficient (Wildman–Crippen LogP) is 4.34. The smallest absolute Gasteiger partial charge is 0.336 e. The highest BCUT2D eigenvalue weighted by Crippen LogP contribution is 2.47. The van der Waals surface area contributed by atoms with Gasteiger partial charge in [0.1, 0.15) is 0 Å². The van der Waals surface area contributed by atoms with Crippen LogP contribution in [0.3, 0.4) is 0 Å². The van der Waals surface area contributed by atoms with Gasteiger partial charge < -0.3 is 29.4 Å². The molecule has 2 N–H and O–H groups in total. The average Bonchev–Trinajstić information content (AvgIpc) is 2.87. The van der Waals surface area contributed by atoms with Crippen LogP contribution in [-0.2, 0) is 14.3 Å². The zero-order valence-electron chi connectivity index (χ0n) is 21.1. The molecule has 8 heteroatoms. The Bertz CT molecular complexity index is 1260. The van der Waals surface area contributed by atoms with Crippen LogP contribution in [-0.4, -0.2) is 44.8 Å². The normalized spacial score (nSPS) is 19.4. The van der Waals surface area contributed by atoms with Crippen molar-refractivity contribution in [3.8, 4) is 23.0 Å². The van der Waals surface area contributed by atoms with Crippen LogP contribution in [0.4, 0.5) is 0 Å². The van der Waals surface area contributed by atoms with Crippen LogP contribution in [0.15, 0.2) is 58.9 Å². The lowest BCUT2D eigenvalue weighted by Crippen LogP contribution is -2.36. The molecule has 0 aromatic heterocycles. The molecule has 190 valence electrons. The van der Waals surface area contributed by atoms with Crippen LogP contribution >= 0.6 is 0 Å². The van der Waals surface area contributed by atoms with Crippen molar-refractivity contribution in [1.29, 1.82) is 0 Å². The summed E-state index contributed by atoms with van der Waals surface area (Å²) >= 11 is 0. The number of allylic oxidation sites excluding steroid dienone is 3. The first-order valence-electron chi connectivity index (χ1n) is 11.8. The molecule has 2 aliphatic rings. The summed E-state index contributed by atoms with van der Waals surface area (Å²) in [6, 6.07) is 10.6. The maximum atomic E-state index is 13.7. The Labute approximate surface area is 210 Å². The standard InChI is InChI=1S/C28H31NO7/c1-6-36-28(32)25-15(2)29-19-11-18(16-7-10-23(34-4)24(14-16)35-5)13-21(31)27(19)26(25)17-8-9-22(33-3)20(30)12-17/h7-10,12,14,18,26,29-30H,6,11,13H2,1-5H3/t18-,26+/m0/s1. The van der Waals surface area contributed by atoms with E-state index in [1.165, 1.54) is 7.11 Å². The number of carbonyl (C=O) groups excluding carboxylic acids is 2. The van der Waals surface area contributed by atoms with Gasteiger partial charge in [-0.15, -0.1) is 0 Å². The number of ether oxygens (including phenoxy) is 4. The van der Waals surface area contributed by atoms with Crippen LogP contribution in [0.25, 0.3) is 0 Å². The fourth-order valence-electron chi connectivity index (χ4n) is 5.08. The van der Waals surface area contributed by atoms with Crippen molar-refractivity contribution in [3.05, 3.63) is 70.1 Å². The number of hydrogen-bond acceptors (Lipinski definition) is 8. The third-order valence-corrected chi connectivity index (χ3v) is 6.74. The van der Waals surface area contributed by atoms with Crippen LogP contribution in [0.2, 0.25) is 0 Å². The molecule has 1 aliphatic heterocycles. The van der Waals surface area contributed by atoms with E-state index in [1.807, 2.05) is 18.2 Å². The monoisotopic (exact) mass is 493 g/mol. The zero-order chi connectivity index (χ0) is 26.0. The molecule has 0 radical (unpaired) electrons. The van der Waals surface area contributed by atoms with Crippen molar-refractivity contribution in [3.63, 3.8) is 0 Å². The summed E-state index contributed by atoms with van der Waals surface area (Å²) in [5.41, 5.74) is 3.83. The molecule has 0 fully saturated rings. The Morgan fingerprint density at radius 3 is 2.28 bits per heavy atom. The Morgan fingerprint density at radius 2 is 1.64 bits per heavy atom. The van der Waals surface area contributed by atoms with Gasteiger partial charge in [0.05, 0.1) is 33.5 Å². The second-order valence-electron chi connectivity index (χ2n) is 8.78. The second-order valence-corrected chi connectivity index (χ2v) is 8.78. The Kier molecular flexibility index (Phi) is 7.24. The lowest BCUT2D eigenvalue weighted by atomic mass is 9.71. The SMILES string of the molecule is CCOC(=O)C1=C(C)NC2=C(C(=O)C[C@@H](c3ccc(OC)c(OC)c3)C2)[C@@H]1c1ccc(OC)c(O)c1. The van der Waals surface area contributed by atoms with E-state index in [-0.39, 0.29) is 30.5 Å². The minimum absolute atomic E-state index is 0.0667. The van der Waals surface area contributed by atoms with Gasteiger partial charge >= 0.3 is 5.97 Å². The van der Waals surface area contributed by atoms with Crippen molar-refractivity contribution >= 4 is 11.8 Å². The van der Waals surface area contributed by atoms with E-state index >= 15 is 0 Å². The van der Waals surface area contributed by atoms with Gasteiger partial charge in [-0.25, -0.2) is 4.79 Å². The fourth-order valence-corrected chi connectivity index (χ4v) is 5.08. The maximum absolute atomic E-state index is 13.7. The summed E-state index contributed by atoms with van der Waals surface area (Å²) in [6.45, 7) is 3.75. The second kappa shape index (κ2) is 10.4. The molecule has 1 aliphatic carbocycles. The van der Waals surface area contributed by atoms with E-state index in [0.29, 0.717) is 46.1 Å². The molecule has 0 saturated carbocycles. The molecule has 0 spiro atoms. The van der Waals surface area contributed by atoms with Crippen LogP contribution in [0.5, 0.6) is 23.0 Å². The number of carbonyl (C=O) groups is 2. The van der Waals surface area contributed by atoms with Crippen molar-refractivity contribution in [2.45, 2.75) is 38.5 Å². The summed E-state index contributed by atoms with van der Waals surface area (Å²) in [5.74, 6) is 0.151. The average molecular weight is 494 g/mol. The third kappa shape index (κ3) is 4.51. The summed E-state index contributed by atoms with van der Waals surface area (Å²) in [7, 11) is 4.63. The number of esters is 1.